The smallest absolute Gasteiger partial charge is 0.243 e. The van der Waals surface area contributed by atoms with Gasteiger partial charge >= 0.3 is 0 Å². The van der Waals surface area contributed by atoms with Crippen LogP contribution in [0.4, 0.5) is 10.1 Å². The van der Waals surface area contributed by atoms with Crippen LogP contribution in [0.3, 0.4) is 0 Å². The van der Waals surface area contributed by atoms with E-state index >= 15 is 0 Å². The summed E-state index contributed by atoms with van der Waals surface area (Å²) in [6.45, 7) is 2.97. The van der Waals surface area contributed by atoms with Crippen molar-refractivity contribution in [3.8, 4) is 0 Å². The van der Waals surface area contributed by atoms with E-state index in [0.717, 1.165) is 17.8 Å². The van der Waals surface area contributed by atoms with E-state index in [1.807, 2.05) is 35.2 Å². The lowest BCUT2D eigenvalue weighted by molar-refractivity contribution is -0.130. The van der Waals surface area contributed by atoms with Gasteiger partial charge in [-0.15, -0.1) is 0 Å². The molecule has 1 heterocycles. The zero-order valence-electron chi connectivity index (χ0n) is 16.8. The molecule has 1 aliphatic rings. The van der Waals surface area contributed by atoms with Crippen LogP contribution in [0, 0.1) is 5.82 Å². The average molecular weight is 436 g/mol. The molecule has 3 rings (SSSR count). The van der Waals surface area contributed by atoms with Gasteiger partial charge in [0.15, 0.2) is 0 Å². The molecule has 1 saturated heterocycles. The third-order valence-corrected chi connectivity index (χ3v) is 6.89. The average Bonchev–Trinajstić information content (AvgIpc) is 2.74. The normalized spacial score (nSPS) is 16.3. The van der Waals surface area contributed by atoms with Gasteiger partial charge in [-0.05, 0) is 43.3 Å². The first-order valence-electron chi connectivity index (χ1n) is 9.79. The molecule has 1 amide bonds. The Morgan fingerprint density at radius 1 is 1.07 bits per heavy atom. The van der Waals surface area contributed by atoms with Crippen molar-refractivity contribution in [2.24, 2.45) is 0 Å². The first kappa shape index (κ1) is 22.2. The SMILES string of the molecule is CC(O)CN(CC(=O)N1CCN(S(=O)(=O)c2ccc(F)cc2)CC1)c1ccccc1. The predicted molar refractivity (Wildman–Crippen MR) is 112 cm³/mol. The minimum atomic E-state index is -3.72. The van der Waals surface area contributed by atoms with Crippen molar-refractivity contribution in [2.45, 2.75) is 17.9 Å². The molecular formula is C21H26FN3O4S. The van der Waals surface area contributed by atoms with Crippen LogP contribution in [0.1, 0.15) is 6.92 Å². The van der Waals surface area contributed by atoms with E-state index in [1.54, 1.807) is 11.8 Å². The first-order valence-corrected chi connectivity index (χ1v) is 11.2. The number of aliphatic hydroxyl groups is 1. The zero-order valence-corrected chi connectivity index (χ0v) is 17.6. The van der Waals surface area contributed by atoms with Gasteiger partial charge in [-0.2, -0.15) is 4.31 Å². The van der Waals surface area contributed by atoms with E-state index in [0.29, 0.717) is 6.54 Å². The maximum Gasteiger partial charge on any atom is 0.243 e. The summed E-state index contributed by atoms with van der Waals surface area (Å²) in [4.78, 5) is 16.3. The summed E-state index contributed by atoms with van der Waals surface area (Å²) in [7, 11) is -3.72. The van der Waals surface area contributed by atoms with Crippen molar-refractivity contribution in [3.63, 3.8) is 0 Å². The van der Waals surface area contributed by atoms with Crippen molar-refractivity contribution < 1.29 is 22.7 Å². The summed E-state index contributed by atoms with van der Waals surface area (Å²) in [6.07, 6.45) is -0.601. The van der Waals surface area contributed by atoms with Crippen LogP contribution in [0.5, 0.6) is 0 Å². The monoisotopic (exact) mass is 435 g/mol. The second-order valence-electron chi connectivity index (χ2n) is 7.30. The highest BCUT2D eigenvalue weighted by atomic mass is 32.2. The number of halogens is 1. The molecular weight excluding hydrogens is 409 g/mol. The molecule has 9 heteroatoms. The number of aliphatic hydroxyl groups excluding tert-OH is 1. The Hall–Kier alpha value is -2.49. The number of hydrogen-bond donors (Lipinski definition) is 1. The van der Waals surface area contributed by atoms with Crippen LogP contribution in [0.25, 0.3) is 0 Å². The number of amides is 1. The van der Waals surface area contributed by atoms with Crippen LogP contribution >= 0.6 is 0 Å². The second kappa shape index (κ2) is 9.55. The lowest BCUT2D eigenvalue weighted by Gasteiger charge is -2.35. The molecule has 2 aromatic rings. The van der Waals surface area contributed by atoms with Crippen LogP contribution in [0.15, 0.2) is 59.5 Å². The number of anilines is 1. The van der Waals surface area contributed by atoms with Crippen molar-refractivity contribution in [3.05, 3.63) is 60.4 Å². The van der Waals surface area contributed by atoms with Gasteiger partial charge in [-0.25, -0.2) is 12.8 Å². The Labute approximate surface area is 176 Å². The maximum atomic E-state index is 13.1. The molecule has 0 saturated carbocycles. The Balaban J connectivity index is 1.62. The van der Waals surface area contributed by atoms with E-state index in [2.05, 4.69) is 0 Å². The fraction of sp³-hybridized carbons (Fsp3) is 0.381. The summed E-state index contributed by atoms with van der Waals surface area (Å²) >= 11 is 0. The zero-order chi connectivity index (χ0) is 21.7. The third kappa shape index (κ3) is 5.35. The van der Waals surface area contributed by atoms with Crippen LogP contribution in [0.2, 0.25) is 0 Å². The van der Waals surface area contributed by atoms with E-state index in [9.17, 15) is 22.7 Å². The van der Waals surface area contributed by atoms with E-state index in [1.165, 1.54) is 16.4 Å². The minimum Gasteiger partial charge on any atom is -0.392 e. The molecule has 1 aliphatic heterocycles. The molecule has 30 heavy (non-hydrogen) atoms. The van der Waals surface area contributed by atoms with E-state index in [-0.39, 0.29) is 43.5 Å². The van der Waals surface area contributed by atoms with Gasteiger partial charge in [0.2, 0.25) is 15.9 Å². The fourth-order valence-electron chi connectivity index (χ4n) is 3.42. The van der Waals surface area contributed by atoms with Gasteiger partial charge in [0, 0.05) is 38.4 Å². The summed E-state index contributed by atoms with van der Waals surface area (Å²) in [5.74, 6) is -0.622. The number of sulfonamides is 1. The summed E-state index contributed by atoms with van der Waals surface area (Å²) in [5, 5.41) is 9.79. The maximum absolute atomic E-state index is 13.1. The molecule has 0 spiro atoms. The minimum absolute atomic E-state index is 0.0378. The number of carbonyl (C=O) groups is 1. The third-order valence-electron chi connectivity index (χ3n) is 4.97. The molecule has 2 aromatic carbocycles. The highest BCUT2D eigenvalue weighted by Crippen LogP contribution is 2.19. The molecule has 7 nitrogen and oxygen atoms in total. The van der Waals surface area contributed by atoms with Gasteiger partial charge in [-0.3, -0.25) is 4.79 Å². The van der Waals surface area contributed by atoms with E-state index in [4.69, 9.17) is 0 Å². The molecule has 1 N–H and O–H groups in total. The Morgan fingerprint density at radius 3 is 2.23 bits per heavy atom. The van der Waals surface area contributed by atoms with Crippen molar-refractivity contribution in [2.75, 3.05) is 44.2 Å². The molecule has 1 fully saturated rings. The van der Waals surface area contributed by atoms with E-state index < -0.39 is 21.9 Å². The number of hydrogen-bond acceptors (Lipinski definition) is 5. The van der Waals surface area contributed by atoms with Gasteiger partial charge in [-0.1, -0.05) is 18.2 Å². The molecule has 162 valence electrons. The number of piperazine rings is 1. The summed E-state index contributed by atoms with van der Waals surface area (Å²) in [5.41, 5.74) is 0.837. The molecule has 1 atom stereocenters. The largest absolute Gasteiger partial charge is 0.392 e. The number of para-hydroxylation sites is 1. The molecule has 0 aliphatic carbocycles. The Bertz CT molecular complexity index is 944. The van der Waals surface area contributed by atoms with Crippen LogP contribution in [-0.4, -0.2) is 74.0 Å². The lowest BCUT2D eigenvalue weighted by atomic mass is 10.2. The highest BCUT2D eigenvalue weighted by molar-refractivity contribution is 7.89. The number of carbonyl (C=O) groups excluding carboxylic acids is 1. The molecule has 0 radical (unpaired) electrons. The fourth-order valence-corrected chi connectivity index (χ4v) is 4.84. The van der Waals surface area contributed by atoms with Gasteiger partial charge in [0.25, 0.3) is 0 Å². The van der Waals surface area contributed by atoms with Gasteiger partial charge in [0.1, 0.15) is 5.82 Å². The molecule has 1 unspecified atom stereocenters. The van der Waals surface area contributed by atoms with Crippen LogP contribution in [-0.2, 0) is 14.8 Å². The van der Waals surface area contributed by atoms with Crippen molar-refractivity contribution in [1.82, 2.24) is 9.21 Å². The standard InChI is InChI=1S/C21H26FN3O4S/c1-17(26)15-24(19-5-3-2-4-6-19)16-21(27)23-11-13-25(14-12-23)30(28,29)20-9-7-18(22)8-10-20/h2-10,17,26H,11-16H2,1H3. The number of benzene rings is 2. The van der Waals surface area contributed by atoms with Gasteiger partial charge in [0.05, 0.1) is 17.5 Å². The Kier molecular flexibility index (Phi) is 7.06. The molecule has 0 bridgehead atoms. The predicted octanol–water partition coefficient (Wildman–Crippen LogP) is 1.55. The van der Waals surface area contributed by atoms with Crippen LogP contribution < -0.4 is 4.90 Å². The van der Waals surface area contributed by atoms with Crippen molar-refractivity contribution >= 4 is 21.6 Å². The quantitative estimate of drug-likeness (QED) is 0.714. The first-order chi connectivity index (χ1) is 14.3. The van der Waals surface area contributed by atoms with Gasteiger partial charge < -0.3 is 14.9 Å². The lowest BCUT2D eigenvalue weighted by Crippen LogP contribution is -2.53. The summed E-state index contributed by atoms with van der Waals surface area (Å²) < 4.78 is 39.9. The highest BCUT2D eigenvalue weighted by Gasteiger charge is 2.30. The van der Waals surface area contributed by atoms with Crippen molar-refractivity contribution in [1.29, 1.82) is 0 Å². The Morgan fingerprint density at radius 2 is 1.67 bits per heavy atom. The molecule has 0 aromatic heterocycles. The summed E-state index contributed by atoms with van der Waals surface area (Å²) in [6, 6.07) is 14.1. The second-order valence-corrected chi connectivity index (χ2v) is 9.24. The number of nitrogens with zero attached hydrogens (tertiary/aromatic N) is 3. The number of rotatable bonds is 7. The topological polar surface area (TPSA) is 81.2 Å².